The van der Waals surface area contributed by atoms with E-state index in [9.17, 15) is 0 Å². The van der Waals surface area contributed by atoms with E-state index in [1.165, 1.54) is 11.1 Å². The first kappa shape index (κ1) is 11.8. The maximum atomic E-state index is 5.69. The number of benzene rings is 1. The summed E-state index contributed by atoms with van der Waals surface area (Å²) in [5.74, 6) is 1.33. The minimum absolute atomic E-state index is 0.0545. The Morgan fingerprint density at radius 1 is 1.35 bits per heavy atom. The van der Waals surface area contributed by atoms with Crippen LogP contribution in [0.1, 0.15) is 29.8 Å². The highest BCUT2D eigenvalue weighted by Gasteiger charge is 2.09. The van der Waals surface area contributed by atoms with Crippen LogP contribution in [0.25, 0.3) is 0 Å². The lowest BCUT2D eigenvalue weighted by atomic mass is 10.1. The SMILES string of the molecule is Cc1ccccc1Cc1nc(CC(C)N)no1. The second-order valence-electron chi connectivity index (χ2n) is 4.39. The van der Waals surface area contributed by atoms with Gasteiger partial charge in [-0.1, -0.05) is 29.4 Å². The van der Waals surface area contributed by atoms with Crippen LogP contribution in [0, 0.1) is 6.92 Å². The van der Waals surface area contributed by atoms with Crippen molar-refractivity contribution in [3.8, 4) is 0 Å². The summed E-state index contributed by atoms with van der Waals surface area (Å²) in [6.07, 6.45) is 1.33. The Morgan fingerprint density at radius 2 is 2.12 bits per heavy atom. The fourth-order valence-electron chi connectivity index (χ4n) is 1.70. The summed E-state index contributed by atoms with van der Waals surface area (Å²) in [5, 5.41) is 3.92. The first-order chi connectivity index (χ1) is 8.15. The van der Waals surface area contributed by atoms with Gasteiger partial charge in [-0.25, -0.2) is 0 Å². The molecule has 1 atom stereocenters. The quantitative estimate of drug-likeness (QED) is 0.872. The van der Waals surface area contributed by atoms with Crippen LogP contribution in [0.3, 0.4) is 0 Å². The lowest BCUT2D eigenvalue weighted by Gasteiger charge is -2.00. The third-order valence-electron chi connectivity index (χ3n) is 2.62. The van der Waals surface area contributed by atoms with Crippen LogP contribution in [-0.4, -0.2) is 16.2 Å². The van der Waals surface area contributed by atoms with E-state index < -0.39 is 0 Å². The Labute approximate surface area is 101 Å². The van der Waals surface area contributed by atoms with Crippen LogP contribution in [0.4, 0.5) is 0 Å². The van der Waals surface area contributed by atoms with Gasteiger partial charge in [-0.3, -0.25) is 0 Å². The number of nitrogens with zero attached hydrogens (tertiary/aromatic N) is 2. The maximum absolute atomic E-state index is 5.69. The Bertz CT molecular complexity index is 491. The molecule has 0 saturated carbocycles. The van der Waals surface area contributed by atoms with Gasteiger partial charge in [-0.05, 0) is 25.0 Å². The molecule has 1 aromatic carbocycles. The first-order valence-corrected chi connectivity index (χ1v) is 5.76. The molecule has 1 aromatic heterocycles. The fourth-order valence-corrected chi connectivity index (χ4v) is 1.70. The van der Waals surface area contributed by atoms with Crippen LogP contribution < -0.4 is 5.73 Å². The second-order valence-corrected chi connectivity index (χ2v) is 4.39. The summed E-state index contributed by atoms with van der Waals surface area (Å²) in [4.78, 5) is 4.33. The number of hydrogen-bond acceptors (Lipinski definition) is 4. The maximum Gasteiger partial charge on any atom is 0.231 e. The number of aryl methyl sites for hydroxylation is 1. The van der Waals surface area contributed by atoms with Crippen LogP contribution in [-0.2, 0) is 12.8 Å². The molecule has 0 aliphatic heterocycles. The normalized spacial score (nSPS) is 12.6. The molecule has 0 aliphatic carbocycles. The van der Waals surface area contributed by atoms with Crippen molar-refractivity contribution >= 4 is 0 Å². The molecule has 4 heteroatoms. The summed E-state index contributed by atoms with van der Waals surface area (Å²) < 4.78 is 5.21. The summed E-state index contributed by atoms with van der Waals surface area (Å²) >= 11 is 0. The largest absolute Gasteiger partial charge is 0.339 e. The minimum atomic E-state index is 0.0545. The molecule has 0 aliphatic rings. The van der Waals surface area contributed by atoms with Crippen molar-refractivity contribution in [3.63, 3.8) is 0 Å². The first-order valence-electron chi connectivity index (χ1n) is 5.76. The monoisotopic (exact) mass is 231 g/mol. The van der Waals surface area contributed by atoms with Gasteiger partial charge in [0.1, 0.15) is 0 Å². The zero-order valence-corrected chi connectivity index (χ0v) is 10.2. The van der Waals surface area contributed by atoms with Crippen molar-refractivity contribution in [2.24, 2.45) is 5.73 Å². The molecule has 90 valence electrons. The smallest absolute Gasteiger partial charge is 0.231 e. The molecular formula is C13H17N3O. The van der Waals surface area contributed by atoms with Crippen LogP contribution >= 0.6 is 0 Å². The summed E-state index contributed by atoms with van der Waals surface area (Å²) in [5.41, 5.74) is 8.14. The summed E-state index contributed by atoms with van der Waals surface area (Å²) in [6.45, 7) is 4.01. The minimum Gasteiger partial charge on any atom is -0.339 e. The molecule has 0 bridgehead atoms. The Hall–Kier alpha value is -1.68. The van der Waals surface area contributed by atoms with Crippen LogP contribution in [0.2, 0.25) is 0 Å². The lowest BCUT2D eigenvalue weighted by Crippen LogP contribution is -2.18. The lowest BCUT2D eigenvalue weighted by molar-refractivity contribution is 0.378. The topological polar surface area (TPSA) is 64.9 Å². The highest BCUT2D eigenvalue weighted by atomic mass is 16.5. The third kappa shape index (κ3) is 3.14. The van der Waals surface area contributed by atoms with Gasteiger partial charge in [0.2, 0.25) is 5.89 Å². The predicted octanol–water partition coefficient (Wildman–Crippen LogP) is 1.86. The van der Waals surface area contributed by atoms with Gasteiger partial charge >= 0.3 is 0 Å². The summed E-state index contributed by atoms with van der Waals surface area (Å²) in [7, 11) is 0. The summed E-state index contributed by atoms with van der Waals surface area (Å²) in [6, 6.07) is 8.24. The molecule has 2 N–H and O–H groups in total. The van der Waals surface area contributed by atoms with E-state index in [-0.39, 0.29) is 6.04 Å². The standard InChI is InChI=1S/C13H17N3O/c1-9-5-3-4-6-11(9)8-13-15-12(16-17-13)7-10(2)14/h3-6,10H,7-8,14H2,1-2H3. The van der Waals surface area contributed by atoms with Crippen LogP contribution in [0.15, 0.2) is 28.8 Å². The van der Waals surface area contributed by atoms with E-state index in [4.69, 9.17) is 10.3 Å². The highest BCUT2D eigenvalue weighted by molar-refractivity contribution is 5.27. The number of nitrogens with two attached hydrogens (primary N) is 1. The fraction of sp³-hybridized carbons (Fsp3) is 0.385. The van der Waals surface area contributed by atoms with E-state index >= 15 is 0 Å². The molecular weight excluding hydrogens is 214 g/mol. The van der Waals surface area contributed by atoms with Gasteiger partial charge in [-0.15, -0.1) is 0 Å². The van der Waals surface area contributed by atoms with Crippen molar-refractivity contribution in [3.05, 3.63) is 47.1 Å². The van der Waals surface area contributed by atoms with Gasteiger partial charge in [0.05, 0.1) is 6.42 Å². The van der Waals surface area contributed by atoms with Gasteiger partial charge in [0, 0.05) is 12.5 Å². The van der Waals surface area contributed by atoms with E-state index in [1.54, 1.807) is 0 Å². The van der Waals surface area contributed by atoms with Gasteiger partial charge < -0.3 is 10.3 Å². The molecule has 0 amide bonds. The molecule has 0 fully saturated rings. The number of rotatable bonds is 4. The zero-order valence-electron chi connectivity index (χ0n) is 10.2. The Balaban J connectivity index is 2.09. The van der Waals surface area contributed by atoms with Crippen molar-refractivity contribution in [1.82, 2.24) is 10.1 Å². The van der Waals surface area contributed by atoms with Crippen molar-refractivity contribution in [1.29, 1.82) is 0 Å². The van der Waals surface area contributed by atoms with Gasteiger partial charge in [0.25, 0.3) is 0 Å². The molecule has 2 rings (SSSR count). The van der Waals surface area contributed by atoms with E-state index in [1.807, 2.05) is 19.1 Å². The Morgan fingerprint density at radius 3 is 2.82 bits per heavy atom. The van der Waals surface area contributed by atoms with Crippen molar-refractivity contribution in [2.75, 3.05) is 0 Å². The third-order valence-corrected chi connectivity index (χ3v) is 2.62. The van der Waals surface area contributed by atoms with Gasteiger partial charge in [0.15, 0.2) is 5.82 Å². The second kappa shape index (κ2) is 5.10. The Kier molecular flexibility index (Phi) is 3.54. The zero-order chi connectivity index (χ0) is 12.3. The predicted molar refractivity (Wildman–Crippen MR) is 65.6 cm³/mol. The molecule has 0 radical (unpaired) electrons. The van der Waals surface area contributed by atoms with E-state index in [0.717, 1.165) is 0 Å². The molecule has 4 nitrogen and oxygen atoms in total. The molecule has 0 saturated heterocycles. The number of aromatic nitrogens is 2. The van der Waals surface area contributed by atoms with Gasteiger partial charge in [-0.2, -0.15) is 4.98 Å². The molecule has 0 spiro atoms. The average molecular weight is 231 g/mol. The molecule has 17 heavy (non-hydrogen) atoms. The highest BCUT2D eigenvalue weighted by Crippen LogP contribution is 2.12. The molecule has 1 unspecified atom stereocenters. The van der Waals surface area contributed by atoms with Crippen LogP contribution in [0.5, 0.6) is 0 Å². The molecule has 1 heterocycles. The van der Waals surface area contributed by atoms with Crippen molar-refractivity contribution in [2.45, 2.75) is 32.7 Å². The van der Waals surface area contributed by atoms with Crippen molar-refractivity contribution < 1.29 is 4.52 Å². The van der Waals surface area contributed by atoms with E-state index in [2.05, 4.69) is 29.2 Å². The average Bonchev–Trinajstić information content (AvgIpc) is 2.68. The number of hydrogen-bond donors (Lipinski definition) is 1. The van der Waals surface area contributed by atoms with E-state index in [0.29, 0.717) is 24.6 Å². The molecule has 2 aromatic rings.